The van der Waals surface area contributed by atoms with Crippen LogP contribution in [0.1, 0.15) is 65.7 Å². The Kier molecular flexibility index (Phi) is 3.61. The summed E-state index contributed by atoms with van der Waals surface area (Å²) in [6.45, 7) is 7.10. The van der Waals surface area contributed by atoms with E-state index >= 15 is 0 Å². The maximum Gasteiger partial charge on any atom is -0.0298 e. The van der Waals surface area contributed by atoms with Gasteiger partial charge >= 0.3 is 0 Å². The van der Waals surface area contributed by atoms with Crippen LogP contribution in [0.3, 0.4) is 0 Å². The Balaban J connectivity index is 2.27. The molecule has 1 aliphatic rings. The van der Waals surface area contributed by atoms with Crippen molar-refractivity contribution in [1.82, 2.24) is 0 Å². The van der Waals surface area contributed by atoms with Crippen molar-refractivity contribution in [2.75, 3.05) is 0 Å². The minimum Gasteiger partial charge on any atom is -0.0654 e. The second-order valence-electron chi connectivity index (χ2n) is 4.81. The predicted molar refractivity (Wildman–Crippen MR) is 55.3 cm³/mol. The zero-order chi connectivity index (χ0) is 9.03. The van der Waals surface area contributed by atoms with Gasteiger partial charge in [-0.3, -0.25) is 0 Å². The molecule has 0 saturated heterocycles. The first kappa shape index (κ1) is 10.1. The van der Waals surface area contributed by atoms with Crippen molar-refractivity contribution < 1.29 is 0 Å². The van der Waals surface area contributed by atoms with Gasteiger partial charge in [0.05, 0.1) is 0 Å². The third-order valence-corrected chi connectivity index (χ3v) is 3.73. The van der Waals surface area contributed by atoms with Crippen LogP contribution in [0.25, 0.3) is 0 Å². The lowest BCUT2D eigenvalue weighted by atomic mass is 9.62. The molecule has 1 saturated carbocycles. The minimum atomic E-state index is 0.786. The predicted octanol–water partition coefficient (Wildman–Crippen LogP) is 4.39. The highest BCUT2D eigenvalue weighted by atomic mass is 14.4. The summed E-state index contributed by atoms with van der Waals surface area (Å²) in [6.07, 6.45) is 10.2. The smallest absolute Gasteiger partial charge is 0.0298 e. The molecule has 0 nitrogen and oxygen atoms in total. The van der Waals surface area contributed by atoms with E-state index in [1.807, 2.05) is 0 Å². The molecule has 12 heavy (non-hydrogen) atoms. The molecule has 0 aromatic rings. The second-order valence-corrected chi connectivity index (χ2v) is 4.81. The molecule has 1 unspecified atom stereocenters. The van der Waals surface area contributed by atoms with E-state index in [2.05, 4.69) is 20.8 Å². The van der Waals surface area contributed by atoms with Crippen LogP contribution >= 0.6 is 0 Å². The first-order valence-corrected chi connectivity index (χ1v) is 5.72. The van der Waals surface area contributed by atoms with Gasteiger partial charge in [-0.15, -0.1) is 0 Å². The SMILES string of the molecule is CCCC(C)CC1(CC)CCC1. The molecule has 0 bridgehead atoms. The lowest BCUT2D eigenvalue weighted by Gasteiger charge is -2.43. The quantitative estimate of drug-likeness (QED) is 0.571. The molecule has 0 spiro atoms. The van der Waals surface area contributed by atoms with Gasteiger partial charge in [0.15, 0.2) is 0 Å². The second kappa shape index (κ2) is 4.30. The average Bonchev–Trinajstić information content (AvgIpc) is 1.97. The van der Waals surface area contributed by atoms with Crippen LogP contribution in [0.5, 0.6) is 0 Å². The monoisotopic (exact) mass is 168 g/mol. The summed E-state index contributed by atoms with van der Waals surface area (Å²) in [5.74, 6) is 0.968. The third kappa shape index (κ3) is 2.24. The Hall–Kier alpha value is 0. The maximum absolute atomic E-state index is 2.43. The standard InChI is InChI=1S/C12H24/c1-4-7-11(3)10-12(5-2)8-6-9-12/h11H,4-10H2,1-3H3. The van der Waals surface area contributed by atoms with Crippen LogP contribution in [-0.2, 0) is 0 Å². The largest absolute Gasteiger partial charge is 0.0654 e. The Bertz CT molecular complexity index is 116. The molecule has 1 aliphatic carbocycles. The summed E-state index contributed by atoms with van der Waals surface area (Å²) in [7, 11) is 0. The summed E-state index contributed by atoms with van der Waals surface area (Å²) < 4.78 is 0. The van der Waals surface area contributed by atoms with Gasteiger partial charge in [0.1, 0.15) is 0 Å². The average molecular weight is 168 g/mol. The maximum atomic E-state index is 2.43. The fraction of sp³-hybridized carbons (Fsp3) is 1.00. The van der Waals surface area contributed by atoms with E-state index in [1.54, 1.807) is 0 Å². The normalized spacial score (nSPS) is 23.2. The highest BCUT2D eigenvalue weighted by Crippen LogP contribution is 2.48. The number of rotatable bonds is 5. The molecule has 0 aliphatic heterocycles. The van der Waals surface area contributed by atoms with E-state index in [0.717, 1.165) is 11.3 Å². The van der Waals surface area contributed by atoms with Crippen LogP contribution in [0.2, 0.25) is 0 Å². The Morgan fingerprint density at radius 3 is 2.25 bits per heavy atom. The van der Waals surface area contributed by atoms with Gasteiger partial charge in [0.25, 0.3) is 0 Å². The third-order valence-electron chi connectivity index (χ3n) is 3.73. The van der Waals surface area contributed by atoms with Gasteiger partial charge in [0, 0.05) is 0 Å². The van der Waals surface area contributed by atoms with E-state index in [0.29, 0.717) is 0 Å². The van der Waals surface area contributed by atoms with Gasteiger partial charge in [-0.05, 0) is 30.6 Å². The molecular formula is C12H24. The zero-order valence-electron chi connectivity index (χ0n) is 9.03. The van der Waals surface area contributed by atoms with E-state index in [9.17, 15) is 0 Å². The van der Waals surface area contributed by atoms with Crippen LogP contribution in [0.4, 0.5) is 0 Å². The van der Waals surface area contributed by atoms with Crippen molar-refractivity contribution in [3.05, 3.63) is 0 Å². The summed E-state index contributed by atoms with van der Waals surface area (Å²) in [4.78, 5) is 0. The summed E-state index contributed by atoms with van der Waals surface area (Å²) >= 11 is 0. The van der Waals surface area contributed by atoms with Crippen LogP contribution < -0.4 is 0 Å². The van der Waals surface area contributed by atoms with Crippen molar-refractivity contribution in [1.29, 1.82) is 0 Å². The molecule has 1 rings (SSSR count). The molecule has 1 fully saturated rings. The van der Waals surface area contributed by atoms with Crippen molar-refractivity contribution in [2.45, 2.75) is 65.7 Å². The van der Waals surface area contributed by atoms with Crippen LogP contribution in [0.15, 0.2) is 0 Å². The topological polar surface area (TPSA) is 0 Å². The zero-order valence-corrected chi connectivity index (χ0v) is 9.03. The highest BCUT2D eigenvalue weighted by molar-refractivity contribution is 4.87. The molecule has 0 amide bonds. The number of hydrogen-bond donors (Lipinski definition) is 0. The number of hydrogen-bond acceptors (Lipinski definition) is 0. The summed E-state index contributed by atoms with van der Waals surface area (Å²) in [6, 6.07) is 0. The Labute approximate surface area is 77.7 Å². The van der Waals surface area contributed by atoms with Gasteiger partial charge in [-0.1, -0.05) is 46.5 Å². The molecule has 0 aromatic carbocycles. The first-order valence-electron chi connectivity index (χ1n) is 5.72. The fourth-order valence-corrected chi connectivity index (χ4v) is 2.71. The van der Waals surface area contributed by atoms with Gasteiger partial charge in [-0.25, -0.2) is 0 Å². The lowest BCUT2D eigenvalue weighted by molar-refractivity contribution is 0.0889. The summed E-state index contributed by atoms with van der Waals surface area (Å²) in [5, 5.41) is 0. The Morgan fingerprint density at radius 2 is 1.92 bits per heavy atom. The van der Waals surface area contributed by atoms with Gasteiger partial charge in [0.2, 0.25) is 0 Å². The van der Waals surface area contributed by atoms with Crippen molar-refractivity contribution in [3.8, 4) is 0 Å². The molecule has 1 atom stereocenters. The van der Waals surface area contributed by atoms with Crippen molar-refractivity contribution >= 4 is 0 Å². The van der Waals surface area contributed by atoms with E-state index in [1.165, 1.54) is 44.9 Å². The molecule has 0 aromatic heterocycles. The molecule has 0 heteroatoms. The van der Waals surface area contributed by atoms with Crippen LogP contribution in [0, 0.1) is 11.3 Å². The fourth-order valence-electron chi connectivity index (χ4n) is 2.71. The summed E-state index contributed by atoms with van der Waals surface area (Å²) in [5.41, 5.74) is 0.786. The molecule has 0 N–H and O–H groups in total. The van der Waals surface area contributed by atoms with Gasteiger partial charge in [-0.2, -0.15) is 0 Å². The van der Waals surface area contributed by atoms with E-state index in [4.69, 9.17) is 0 Å². The highest BCUT2D eigenvalue weighted by Gasteiger charge is 2.35. The Morgan fingerprint density at radius 1 is 1.25 bits per heavy atom. The molecule has 0 heterocycles. The van der Waals surface area contributed by atoms with E-state index < -0.39 is 0 Å². The van der Waals surface area contributed by atoms with Crippen molar-refractivity contribution in [3.63, 3.8) is 0 Å². The van der Waals surface area contributed by atoms with Gasteiger partial charge < -0.3 is 0 Å². The van der Waals surface area contributed by atoms with E-state index in [-0.39, 0.29) is 0 Å². The minimum absolute atomic E-state index is 0.786. The molecular weight excluding hydrogens is 144 g/mol. The molecule has 72 valence electrons. The first-order chi connectivity index (χ1) is 5.72. The van der Waals surface area contributed by atoms with Crippen LogP contribution in [-0.4, -0.2) is 0 Å². The van der Waals surface area contributed by atoms with Crippen molar-refractivity contribution in [2.24, 2.45) is 11.3 Å². The molecule has 0 radical (unpaired) electrons. The lowest BCUT2D eigenvalue weighted by Crippen LogP contribution is -2.30.